The molecule has 1 heterocycles. The monoisotopic (exact) mass is 309 g/mol. The molecule has 0 spiro atoms. The second-order valence-corrected chi connectivity index (χ2v) is 3.42. The molecule has 0 atom stereocenters. The number of nitrogens with zero attached hydrogens (tertiary/aromatic N) is 1. The van der Waals surface area contributed by atoms with Crippen molar-refractivity contribution in [3.8, 4) is 11.5 Å². The lowest BCUT2D eigenvalue weighted by molar-refractivity contribution is -0.276. The molecule has 108 valence electrons. The van der Waals surface area contributed by atoms with Gasteiger partial charge in [-0.1, -0.05) is 0 Å². The van der Waals surface area contributed by atoms with E-state index in [2.05, 4.69) is 14.5 Å². The Kier molecular flexibility index (Phi) is 4.39. The molecule has 0 amide bonds. The summed E-state index contributed by atoms with van der Waals surface area (Å²) in [5.41, 5.74) is -2.40. The van der Waals surface area contributed by atoms with Gasteiger partial charge in [-0.2, -0.15) is 13.2 Å². The van der Waals surface area contributed by atoms with Gasteiger partial charge < -0.3 is 9.47 Å². The summed E-state index contributed by atoms with van der Waals surface area (Å²) >= 11 is 5.26. The van der Waals surface area contributed by atoms with Crippen molar-refractivity contribution >= 4 is 11.6 Å². The molecule has 1 aromatic rings. The summed E-state index contributed by atoms with van der Waals surface area (Å²) in [7, 11) is 0.865. The van der Waals surface area contributed by atoms with Crippen LogP contribution in [0, 0.1) is 0 Å². The van der Waals surface area contributed by atoms with Gasteiger partial charge in [0.25, 0.3) is 0 Å². The van der Waals surface area contributed by atoms with Crippen molar-refractivity contribution in [1.82, 2.24) is 4.98 Å². The largest absolute Gasteiger partial charge is 0.573 e. The molecule has 0 bridgehead atoms. The van der Waals surface area contributed by atoms with Gasteiger partial charge in [0.1, 0.15) is 5.56 Å². The Morgan fingerprint density at radius 3 is 2.16 bits per heavy atom. The van der Waals surface area contributed by atoms with E-state index in [-0.39, 0.29) is 0 Å². The van der Waals surface area contributed by atoms with Crippen molar-refractivity contribution in [2.24, 2.45) is 0 Å². The zero-order valence-electron chi connectivity index (χ0n) is 9.19. The minimum Gasteiger partial charge on any atom is -0.494 e. The number of ether oxygens (including phenoxy) is 2. The van der Waals surface area contributed by atoms with Crippen LogP contribution in [0.1, 0.15) is 11.3 Å². The average molecular weight is 310 g/mol. The highest BCUT2D eigenvalue weighted by Crippen LogP contribution is 2.45. The van der Waals surface area contributed by atoms with E-state index >= 15 is 0 Å². The Bertz CT molecular complexity index is 459. The summed E-state index contributed by atoms with van der Waals surface area (Å²) < 4.78 is 82.6. The first-order chi connectivity index (χ1) is 8.60. The number of hydrogen-bond donors (Lipinski definition) is 0. The van der Waals surface area contributed by atoms with Gasteiger partial charge in [-0.25, -0.2) is 0 Å². The lowest BCUT2D eigenvalue weighted by atomic mass is 10.2. The van der Waals surface area contributed by atoms with Crippen LogP contribution in [0.25, 0.3) is 0 Å². The minimum atomic E-state index is -5.31. The number of aromatic nitrogens is 1. The Morgan fingerprint density at radius 2 is 1.79 bits per heavy atom. The Hall–Kier alpha value is -1.38. The lowest BCUT2D eigenvalue weighted by Crippen LogP contribution is -2.22. The molecule has 3 nitrogen and oxygen atoms in total. The van der Waals surface area contributed by atoms with Crippen molar-refractivity contribution in [3.05, 3.63) is 17.5 Å². The summed E-state index contributed by atoms with van der Waals surface area (Å²) in [5.74, 6) is -3.08. The quantitative estimate of drug-likeness (QED) is 0.629. The van der Waals surface area contributed by atoms with Crippen molar-refractivity contribution in [3.63, 3.8) is 0 Å². The van der Waals surface area contributed by atoms with Crippen molar-refractivity contribution in [1.29, 1.82) is 0 Å². The standard InChI is InChI=1S/C9H6ClF6NO2/c1-18-5-3-17-4(2-10)7(19-9(14,15)16)6(5)8(11,12)13/h3H,2H2,1H3. The molecule has 0 fully saturated rings. The first-order valence-electron chi connectivity index (χ1n) is 4.55. The van der Waals surface area contributed by atoms with E-state index in [1.165, 1.54) is 0 Å². The van der Waals surface area contributed by atoms with Crippen LogP contribution in [-0.4, -0.2) is 18.5 Å². The third kappa shape index (κ3) is 3.79. The maximum Gasteiger partial charge on any atom is 0.573 e. The molecule has 1 aromatic heterocycles. The van der Waals surface area contributed by atoms with Gasteiger partial charge in [-0.15, -0.1) is 24.8 Å². The highest BCUT2D eigenvalue weighted by Gasteiger charge is 2.43. The van der Waals surface area contributed by atoms with Gasteiger partial charge in [0.2, 0.25) is 0 Å². The number of hydrogen-bond acceptors (Lipinski definition) is 3. The predicted octanol–water partition coefficient (Wildman–Crippen LogP) is 3.75. The number of rotatable bonds is 3. The van der Waals surface area contributed by atoms with Crippen LogP contribution >= 0.6 is 11.6 Å². The third-order valence-corrected chi connectivity index (χ3v) is 2.17. The molecule has 0 aromatic carbocycles. The number of methoxy groups -OCH3 is 1. The van der Waals surface area contributed by atoms with Crippen molar-refractivity contribution in [2.45, 2.75) is 18.4 Å². The molecule has 0 saturated carbocycles. The lowest BCUT2D eigenvalue weighted by Gasteiger charge is -2.19. The molecule has 1 rings (SSSR count). The van der Waals surface area contributed by atoms with E-state index in [0.29, 0.717) is 6.20 Å². The van der Waals surface area contributed by atoms with Crippen LogP contribution in [0.5, 0.6) is 11.5 Å². The summed E-state index contributed by atoms with van der Waals surface area (Å²) in [6.07, 6.45) is -9.80. The SMILES string of the molecule is COc1cnc(CCl)c(OC(F)(F)F)c1C(F)(F)F. The fourth-order valence-electron chi connectivity index (χ4n) is 1.26. The summed E-state index contributed by atoms with van der Waals surface area (Å²) in [5, 5.41) is 0. The van der Waals surface area contributed by atoms with E-state index < -0.39 is 41.2 Å². The van der Waals surface area contributed by atoms with Crippen LogP contribution in [0.15, 0.2) is 6.20 Å². The predicted molar refractivity (Wildman–Crippen MR) is 52.0 cm³/mol. The van der Waals surface area contributed by atoms with Gasteiger partial charge >= 0.3 is 12.5 Å². The Morgan fingerprint density at radius 1 is 1.21 bits per heavy atom. The molecule has 0 aliphatic rings. The summed E-state index contributed by atoms with van der Waals surface area (Å²) in [6.45, 7) is 0. The molecular formula is C9H6ClF6NO2. The zero-order chi connectivity index (χ0) is 14.8. The second-order valence-electron chi connectivity index (χ2n) is 3.16. The van der Waals surface area contributed by atoms with Crippen LogP contribution in [-0.2, 0) is 12.1 Å². The number of pyridine rings is 1. The maximum absolute atomic E-state index is 12.8. The van der Waals surface area contributed by atoms with Crippen molar-refractivity contribution in [2.75, 3.05) is 7.11 Å². The second kappa shape index (κ2) is 5.32. The molecule has 19 heavy (non-hydrogen) atoms. The average Bonchev–Trinajstić information content (AvgIpc) is 2.24. The molecule has 10 heteroatoms. The fourth-order valence-corrected chi connectivity index (χ4v) is 1.45. The van der Waals surface area contributed by atoms with Crippen LogP contribution in [0.2, 0.25) is 0 Å². The van der Waals surface area contributed by atoms with Gasteiger partial charge in [0.15, 0.2) is 11.5 Å². The molecule has 0 unspecified atom stereocenters. The molecule has 0 N–H and O–H groups in total. The van der Waals surface area contributed by atoms with E-state index in [0.717, 1.165) is 7.11 Å². The fraction of sp³-hybridized carbons (Fsp3) is 0.444. The molecule has 0 radical (unpaired) electrons. The normalized spacial score (nSPS) is 12.4. The van der Waals surface area contributed by atoms with E-state index in [4.69, 9.17) is 11.6 Å². The van der Waals surface area contributed by atoms with Gasteiger partial charge in [-0.05, 0) is 0 Å². The maximum atomic E-state index is 12.8. The molecule has 0 saturated heterocycles. The summed E-state index contributed by atoms with van der Waals surface area (Å²) in [6, 6.07) is 0. The van der Waals surface area contributed by atoms with Crippen LogP contribution in [0.4, 0.5) is 26.3 Å². The van der Waals surface area contributed by atoms with E-state index in [9.17, 15) is 26.3 Å². The minimum absolute atomic E-state index is 0.629. The molecule has 0 aliphatic heterocycles. The highest BCUT2D eigenvalue weighted by atomic mass is 35.5. The topological polar surface area (TPSA) is 31.4 Å². The third-order valence-electron chi connectivity index (χ3n) is 1.92. The first-order valence-corrected chi connectivity index (χ1v) is 5.08. The zero-order valence-corrected chi connectivity index (χ0v) is 9.95. The van der Waals surface area contributed by atoms with E-state index in [1.54, 1.807) is 0 Å². The van der Waals surface area contributed by atoms with Crippen LogP contribution < -0.4 is 9.47 Å². The Balaban J connectivity index is 3.53. The van der Waals surface area contributed by atoms with Crippen LogP contribution in [0.3, 0.4) is 0 Å². The number of halogens is 7. The molecular weight excluding hydrogens is 304 g/mol. The first kappa shape index (κ1) is 15.7. The number of alkyl halides is 7. The summed E-state index contributed by atoms with van der Waals surface area (Å²) in [4.78, 5) is 3.34. The van der Waals surface area contributed by atoms with Crippen molar-refractivity contribution < 1.29 is 35.8 Å². The van der Waals surface area contributed by atoms with Gasteiger partial charge in [0.05, 0.1) is 24.9 Å². The molecule has 0 aliphatic carbocycles. The van der Waals surface area contributed by atoms with E-state index in [1.807, 2.05) is 0 Å². The Labute approximate surface area is 108 Å². The highest BCUT2D eigenvalue weighted by molar-refractivity contribution is 6.17. The van der Waals surface area contributed by atoms with Gasteiger partial charge in [0, 0.05) is 0 Å². The van der Waals surface area contributed by atoms with Gasteiger partial charge in [-0.3, -0.25) is 4.98 Å². The smallest absolute Gasteiger partial charge is 0.494 e.